The number of hydrazine groups is 1. The van der Waals surface area contributed by atoms with Crippen LogP contribution in [0.3, 0.4) is 0 Å². The highest BCUT2D eigenvalue weighted by Crippen LogP contribution is 2.72. The van der Waals surface area contributed by atoms with Gasteiger partial charge in [0.15, 0.2) is 0 Å². The van der Waals surface area contributed by atoms with E-state index < -0.39 is 0 Å². The maximum Gasteiger partial charge on any atom is 0.127 e. The van der Waals surface area contributed by atoms with Gasteiger partial charge in [-0.2, -0.15) is 0 Å². The van der Waals surface area contributed by atoms with Gasteiger partial charge in [-0.1, -0.05) is 27.7 Å². The van der Waals surface area contributed by atoms with Crippen LogP contribution in [0.25, 0.3) is 0 Å². The van der Waals surface area contributed by atoms with Crippen LogP contribution in [-0.4, -0.2) is 9.55 Å². The van der Waals surface area contributed by atoms with E-state index in [0.29, 0.717) is 16.7 Å². The molecule has 1 heterocycles. The number of nitrogens with two attached hydrogens (primary N) is 1. The maximum atomic E-state index is 5.77. The Bertz CT molecular complexity index is 391. The zero-order valence-electron chi connectivity index (χ0n) is 11.5. The standard InChI is InChI=1S/C13H24N4/c1-6-17-8-7-15-11(17)9(16-14)10-12(2,3)13(10,4)5/h7-10,16H,6,14H2,1-5H3. The SMILES string of the molecule is CCn1ccnc1C(NN)C1C(C)(C)C1(C)C. The van der Waals surface area contributed by atoms with Crippen LogP contribution >= 0.6 is 0 Å². The van der Waals surface area contributed by atoms with Crippen LogP contribution in [0.4, 0.5) is 0 Å². The first-order chi connectivity index (χ1) is 7.87. The Morgan fingerprint density at radius 3 is 2.41 bits per heavy atom. The van der Waals surface area contributed by atoms with E-state index in [1.807, 2.05) is 12.4 Å². The van der Waals surface area contributed by atoms with Crippen molar-refractivity contribution in [2.24, 2.45) is 22.6 Å². The van der Waals surface area contributed by atoms with E-state index >= 15 is 0 Å². The first-order valence-corrected chi connectivity index (χ1v) is 6.35. The van der Waals surface area contributed by atoms with Gasteiger partial charge in [-0.05, 0) is 23.7 Å². The van der Waals surface area contributed by atoms with E-state index in [4.69, 9.17) is 5.84 Å². The highest BCUT2D eigenvalue weighted by molar-refractivity contribution is 5.20. The summed E-state index contributed by atoms with van der Waals surface area (Å²) < 4.78 is 2.16. The first-order valence-electron chi connectivity index (χ1n) is 6.35. The van der Waals surface area contributed by atoms with E-state index in [2.05, 4.69) is 49.6 Å². The molecule has 3 N–H and O–H groups in total. The van der Waals surface area contributed by atoms with E-state index in [1.54, 1.807) is 0 Å². The van der Waals surface area contributed by atoms with Gasteiger partial charge in [0, 0.05) is 18.9 Å². The molecule has 2 rings (SSSR count). The van der Waals surface area contributed by atoms with Crippen molar-refractivity contribution in [2.75, 3.05) is 0 Å². The second-order valence-electron chi connectivity index (χ2n) is 6.14. The summed E-state index contributed by atoms with van der Waals surface area (Å²) in [4.78, 5) is 4.47. The fraction of sp³-hybridized carbons (Fsp3) is 0.769. The number of aromatic nitrogens is 2. The zero-order chi connectivity index (χ0) is 12.8. The summed E-state index contributed by atoms with van der Waals surface area (Å²) in [5, 5.41) is 0. The van der Waals surface area contributed by atoms with Gasteiger partial charge >= 0.3 is 0 Å². The average molecular weight is 236 g/mol. The normalized spacial score (nSPS) is 23.6. The van der Waals surface area contributed by atoms with Gasteiger partial charge in [0.25, 0.3) is 0 Å². The summed E-state index contributed by atoms with van der Waals surface area (Å²) in [5.74, 6) is 7.34. The quantitative estimate of drug-likeness (QED) is 0.621. The summed E-state index contributed by atoms with van der Waals surface area (Å²) in [7, 11) is 0. The van der Waals surface area contributed by atoms with Crippen molar-refractivity contribution in [3.8, 4) is 0 Å². The third kappa shape index (κ3) is 1.62. The molecule has 1 fully saturated rings. The summed E-state index contributed by atoms with van der Waals surface area (Å²) in [6.07, 6.45) is 3.87. The van der Waals surface area contributed by atoms with Gasteiger partial charge in [-0.25, -0.2) is 10.4 Å². The number of nitrogens with zero attached hydrogens (tertiary/aromatic N) is 2. The Morgan fingerprint density at radius 2 is 2.00 bits per heavy atom. The average Bonchev–Trinajstić information content (AvgIpc) is 2.65. The van der Waals surface area contributed by atoms with Gasteiger partial charge < -0.3 is 4.57 Å². The van der Waals surface area contributed by atoms with Crippen LogP contribution in [0.15, 0.2) is 12.4 Å². The lowest BCUT2D eigenvalue weighted by Crippen LogP contribution is -2.33. The van der Waals surface area contributed by atoms with Crippen molar-refractivity contribution in [2.45, 2.75) is 47.2 Å². The number of imidazole rings is 1. The zero-order valence-corrected chi connectivity index (χ0v) is 11.5. The molecule has 1 unspecified atom stereocenters. The molecule has 1 aliphatic rings. The molecule has 0 radical (unpaired) electrons. The van der Waals surface area contributed by atoms with Crippen LogP contribution in [-0.2, 0) is 6.54 Å². The Labute approximate surface area is 104 Å². The fourth-order valence-corrected chi connectivity index (χ4v) is 3.27. The Hall–Kier alpha value is -0.870. The van der Waals surface area contributed by atoms with Crippen molar-refractivity contribution in [3.63, 3.8) is 0 Å². The molecule has 0 amide bonds. The van der Waals surface area contributed by atoms with Gasteiger partial charge in [-0.3, -0.25) is 5.84 Å². The predicted molar refractivity (Wildman–Crippen MR) is 69.0 cm³/mol. The van der Waals surface area contributed by atoms with E-state index in [0.717, 1.165) is 12.4 Å². The Balaban J connectivity index is 2.31. The fourth-order valence-electron chi connectivity index (χ4n) is 3.27. The topological polar surface area (TPSA) is 55.9 Å². The molecule has 1 aromatic rings. The predicted octanol–water partition coefficient (Wildman–Crippen LogP) is 2.09. The lowest BCUT2D eigenvalue weighted by Gasteiger charge is -2.18. The van der Waals surface area contributed by atoms with E-state index in [1.165, 1.54) is 0 Å². The summed E-state index contributed by atoms with van der Waals surface area (Å²) >= 11 is 0. The second-order valence-corrected chi connectivity index (χ2v) is 6.14. The largest absolute Gasteiger partial charge is 0.334 e. The molecule has 0 saturated heterocycles. The van der Waals surface area contributed by atoms with Crippen molar-refractivity contribution < 1.29 is 0 Å². The lowest BCUT2D eigenvalue weighted by molar-refractivity contribution is 0.387. The Morgan fingerprint density at radius 1 is 1.41 bits per heavy atom. The molecule has 4 nitrogen and oxygen atoms in total. The smallest absolute Gasteiger partial charge is 0.127 e. The highest BCUT2D eigenvalue weighted by atomic mass is 15.3. The first kappa shape index (κ1) is 12.6. The summed E-state index contributed by atoms with van der Waals surface area (Å²) in [6.45, 7) is 12.3. The van der Waals surface area contributed by atoms with Crippen LogP contribution in [0.5, 0.6) is 0 Å². The van der Waals surface area contributed by atoms with Crippen LogP contribution in [0.1, 0.15) is 46.5 Å². The second kappa shape index (κ2) is 3.82. The Kier molecular flexibility index (Phi) is 2.83. The van der Waals surface area contributed by atoms with Crippen molar-refractivity contribution in [3.05, 3.63) is 18.2 Å². The summed E-state index contributed by atoms with van der Waals surface area (Å²) in [6, 6.07) is 0.134. The van der Waals surface area contributed by atoms with Crippen molar-refractivity contribution in [1.29, 1.82) is 0 Å². The molecule has 1 aliphatic carbocycles. The monoisotopic (exact) mass is 236 g/mol. The van der Waals surface area contributed by atoms with Crippen LogP contribution in [0.2, 0.25) is 0 Å². The molecule has 0 bridgehead atoms. The number of rotatable bonds is 4. The minimum absolute atomic E-state index is 0.134. The molecule has 0 spiro atoms. The minimum atomic E-state index is 0.134. The van der Waals surface area contributed by atoms with E-state index in [9.17, 15) is 0 Å². The molecule has 0 aromatic carbocycles. The lowest BCUT2D eigenvalue weighted by atomic mass is 10.0. The van der Waals surface area contributed by atoms with Gasteiger partial charge in [0.2, 0.25) is 0 Å². The van der Waals surface area contributed by atoms with Crippen LogP contribution < -0.4 is 11.3 Å². The molecular formula is C13H24N4. The molecule has 17 heavy (non-hydrogen) atoms. The van der Waals surface area contributed by atoms with E-state index in [-0.39, 0.29) is 6.04 Å². The molecule has 96 valence electrons. The molecular weight excluding hydrogens is 212 g/mol. The number of nitrogens with one attached hydrogen (secondary N) is 1. The highest BCUT2D eigenvalue weighted by Gasteiger charge is 2.67. The van der Waals surface area contributed by atoms with Gasteiger partial charge in [0.05, 0.1) is 6.04 Å². The molecule has 1 saturated carbocycles. The minimum Gasteiger partial charge on any atom is -0.334 e. The molecule has 1 atom stereocenters. The third-order valence-corrected chi connectivity index (χ3v) is 5.01. The molecule has 0 aliphatic heterocycles. The summed E-state index contributed by atoms with van der Waals surface area (Å²) in [5.41, 5.74) is 3.57. The number of aryl methyl sites for hydroxylation is 1. The van der Waals surface area contributed by atoms with Crippen LogP contribution in [0, 0.1) is 16.7 Å². The maximum absolute atomic E-state index is 5.77. The number of hydrogen-bond acceptors (Lipinski definition) is 3. The van der Waals surface area contributed by atoms with Gasteiger partial charge in [0.1, 0.15) is 5.82 Å². The third-order valence-electron chi connectivity index (χ3n) is 5.01. The van der Waals surface area contributed by atoms with Crippen molar-refractivity contribution >= 4 is 0 Å². The molecule has 4 heteroatoms. The molecule has 1 aromatic heterocycles. The van der Waals surface area contributed by atoms with Crippen molar-refractivity contribution in [1.82, 2.24) is 15.0 Å². The number of hydrogen-bond donors (Lipinski definition) is 2. The van der Waals surface area contributed by atoms with Gasteiger partial charge in [-0.15, -0.1) is 0 Å².